The maximum absolute atomic E-state index is 14.0. The first kappa shape index (κ1) is 16.2. The second-order valence-electron chi connectivity index (χ2n) is 5.48. The van der Waals surface area contributed by atoms with Crippen molar-refractivity contribution in [2.45, 2.75) is 26.1 Å². The molecule has 1 N–H and O–H groups in total. The Morgan fingerprint density at radius 2 is 2.10 bits per heavy atom. The first-order chi connectivity index (χ1) is 9.95. The summed E-state index contributed by atoms with van der Waals surface area (Å²) in [5.74, 6) is -0.372. The lowest BCUT2D eigenvalue weighted by Crippen LogP contribution is -2.35. The summed E-state index contributed by atoms with van der Waals surface area (Å²) in [6.45, 7) is 4.44. The van der Waals surface area contributed by atoms with Crippen molar-refractivity contribution in [1.29, 1.82) is 0 Å². The maximum Gasteiger partial charge on any atom is 0.241 e. The molecule has 2 atom stereocenters. The molecule has 21 heavy (non-hydrogen) atoms. The molecular weight excluding hydrogens is 294 g/mol. The Morgan fingerprint density at radius 3 is 2.67 bits per heavy atom. The van der Waals surface area contributed by atoms with Gasteiger partial charge in [0.15, 0.2) is 0 Å². The van der Waals surface area contributed by atoms with E-state index < -0.39 is 17.8 Å². The number of carbonyl (C=O) groups excluding carboxylic acids is 1. The minimum absolute atomic E-state index is 0.0206. The molecule has 1 fully saturated rings. The number of hydrogen-bond donors (Lipinski definition) is 1. The largest absolute Gasteiger partial charge is 0.321 e. The average molecular weight is 314 g/mol. The third kappa shape index (κ3) is 3.37. The SMILES string of the molecule is CSCCN1C(=O)C(C(C)C)NC1c1ccc(F)cc1F. The summed E-state index contributed by atoms with van der Waals surface area (Å²) in [6, 6.07) is 3.16. The van der Waals surface area contributed by atoms with Crippen LogP contribution in [0.4, 0.5) is 8.78 Å². The molecule has 0 aromatic heterocycles. The summed E-state index contributed by atoms with van der Waals surface area (Å²) in [5, 5.41) is 3.18. The van der Waals surface area contributed by atoms with E-state index in [0.29, 0.717) is 12.1 Å². The van der Waals surface area contributed by atoms with Crippen LogP contribution in [0, 0.1) is 17.6 Å². The molecule has 1 aromatic rings. The molecule has 1 aliphatic rings. The Balaban J connectivity index is 2.32. The highest BCUT2D eigenvalue weighted by Crippen LogP contribution is 2.30. The van der Waals surface area contributed by atoms with Gasteiger partial charge >= 0.3 is 0 Å². The van der Waals surface area contributed by atoms with Crippen LogP contribution in [0.2, 0.25) is 0 Å². The predicted octanol–water partition coefficient (Wildman–Crippen LogP) is 2.78. The van der Waals surface area contributed by atoms with E-state index in [9.17, 15) is 13.6 Å². The first-order valence-electron chi connectivity index (χ1n) is 6.96. The van der Waals surface area contributed by atoms with Crippen molar-refractivity contribution in [2.75, 3.05) is 18.6 Å². The molecule has 1 amide bonds. The number of nitrogens with zero attached hydrogens (tertiary/aromatic N) is 1. The zero-order chi connectivity index (χ0) is 15.6. The van der Waals surface area contributed by atoms with Gasteiger partial charge in [0.05, 0.1) is 6.04 Å². The van der Waals surface area contributed by atoms with Gasteiger partial charge in [-0.15, -0.1) is 0 Å². The van der Waals surface area contributed by atoms with Crippen LogP contribution in [-0.4, -0.2) is 35.4 Å². The van der Waals surface area contributed by atoms with Gasteiger partial charge in [-0.1, -0.05) is 13.8 Å². The summed E-state index contributed by atoms with van der Waals surface area (Å²) in [4.78, 5) is 14.1. The molecule has 2 unspecified atom stereocenters. The lowest BCUT2D eigenvalue weighted by Gasteiger charge is -2.24. The van der Waals surface area contributed by atoms with Gasteiger partial charge in [-0.2, -0.15) is 11.8 Å². The number of hydrogen-bond acceptors (Lipinski definition) is 3. The van der Waals surface area contributed by atoms with Gasteiger partial charge in [0.1, 0.15) is 17.8 Å². The Hall–Kier alpha value is -1.14. The first-order valence-corrected chi connectivity index (χ1v) is 8.35. The second-order valence-corrected chi connectivity index (χ2v) is 6.47. The average Bonchev–Trinajstić information content (AvgIpc) is 2.74. The number of carbonyl (C=O) groups is 1. The third-order valence-electron chi connectivity index (χ3n) is 3.66. The van der Waals surface area contributed by atoms with E-state index in [0.717, 1.165) is 11.8 Å². The molecule has 0 aliphatic carbocycles. The van der Waals surface area contributed by atoms with Crippen molar-refractivity contribution in [2.24, 2.45) is 5.92 Å². The fraction of sp³-hybridized carbons (Fsp3) is 0.533. The number of thioether (sulfide) groups is 1. The van der Waals surface area contributed by atoms with Crippen LogP contribution in [0.5, 0.6) is 0 Å². The molecule has 0 bridgehead atoms. The zero-order valence-corrected chi connectivity index (χ0v) is 13.2. The lowest BCUT2D eigenvalue weighted by molar-refractivity contribution is -0.130. The molecule has 2 rings (SSSR count). The van der Waals surface area contributed by atoms with E-state index in [1.54, 1.807) is 16.7 Å². The van der Waals surface area contributed by atoms with Crippen LogP contribution in [0.15, 0.2) is 18.2 Å². The smallest absolute Gasteiger partial charge is 0.241 e. The molecule has 1 saturated heterocycles. The summed E-state index contributed by atoms with van der Waals surface area (Å²) < 4.78 is 27.1. The van der Waals surface area contributed by atoms with Crippen molar-refractivity contribution >= 4 is 17.7 Å². The van der Waals surface area contributed by atoms with Crippen molar-refractivity contribution in [3.05, 3.63) is 35.4 Å². The van der Waals surface area contributed by atoms with Gasteiger partial charge < -0.3 is 4.90 Å². The highest BCUT2D eigenvalue weighted by molar-refractivity contribution is 7.98. The monoisotopic (exact) mass is 314 g/mol. The van der Waals surface area contributed by atoms with E-state index in [4.69, 9.17) is 0 Å². The van der Waals surface area contributed by atoms with E-state index in [1.165, 1.54) is 12.1 Å². The molecule has 1 aliphatic heterocycles. The Kier molecular flexibility index (Phi) is 5.22. The lowest BCUT2D eigenvalue weighted by atomic mass is 10.1. The minimum Gasteiger partial charge on any atom is -0.321 e. The van der Waals surface area contributed by atoms with Gasteiger partial charge in [-0.25, -0.2) is 8.78 Å². The van der Waals surface area contributed by atoms with E-state index in [2.05, 4.69) is 5.32 Å². The summed E-state index contributed by atoms with van der Waals surface area (Å²) >= 11 is 1.63. The molecule has 116 valence electrons. The van der Waals surface area contributed by atoms with Crippen molar-refractivity contribution < 1.29 is 13.6 Å². The van der Waals surface area contributed by atoms with Crippen molar-refractivity contribution in [3.8, 4) is 0 Å². The Morgan fingerprint density at radius 1 is 1.38 bits per heavy atom. The number of amides is 1. The molecule has 3 nitrogen and oxygen atoms in total. The van der Waals surface area contributed by atoms with Crippen LogP contribution in [0.3, 0.4) is 0 Å². The maximum atomic E-state index is 14.0. The van der Waals surface area contributed by atoms with Gasteiger partial charge in [0, 0.05) is 23.9 Å². The molecule has 0 spiro atoms. The molecule has 6 heteroatoms. The van der Waals surface area contributed by atoms with Crippen LogP contribution < -0.4 is 5.32 Å². The number of rotatable bonds is 5. The predicted molar refractivity (Wildman–Crippen MR) is 81.0 cm³/mol. The summed E-state index contributed by atoms with van der Waals surface area (Å²) in [7, 11) is 0. The standard InChI is InChI=1S/C15H20F2N2OS/c1-9(2)13-15(20)19(6-7-21-3)14(18-13)11-5-4-10(16)8-12(11)17/h4-5,8-9,13-14,18H,6-7H2,1-3H3. The molecule has 0 radical (unpaired) electrons. The van der Waals surface area contributed by atoms with Crippen LogP contribution in [-0.2, 0) is 4.79 Å². The van der Waals surface area contributed by atoms with Crippen LogP contribution in [0.25, 0.3) is 0 Å². The minimum atomic E-state index is -0.626. The molecular formula is C15H20F2N2OS. The highest BCUT2D eigenvalue weighted by atomic mass is 32.2. The fourth-order valence-electron chi connectivity index (χ4n) is 2.52. The topological polar surface area (TPSA) is 32.3 Å². The quantitative estimate of drug-likeness (QED) is 0.907. The highest BCUT2D eigenvalue weighted by Gasteiger charge is 2.41. The van der Waals surface area contributed by atoms with Gasteiger partial charge in [0.25, 0.3) is 0 Å². The van der Waals surface area contributed by atoms with E-state index in [-0.39, 0.29) is 17.9 Å². The molecule has 0 saturated carbocycles. The van der Waals surface area contributed by atoms with Gasteiger partial charge in [-0.05, 0) is 24.3 Å². The zero-order valence-electron chi connectivity index (χ0n) is 12.4. The Labute approximate surface area is 128 Å². The third-order valence-corrected chi connectivity index (χ3v) is 4.25. The van der Waals surface area contributed by atoms with E-state index in [1.807, 2.05) is 20.1 Å². The van der Waals surface area contributed by atoms with Crippen LogP contribution in [0.1, 0.15) is 25.6 Å². The Bertz CT molecular complexity index is 524. The number of halogens is 2. The summed E-state index contributed by atoms with van der Waals surface area (Å²) in [5.41, 5.74) is 0.314. The van der Waals surface area contributed by atoms with Gasteiger partial charge in [0.2, 0.25) is 5.91 Å². The van der Waals surface area contributed by atoms with Crippen molar-refractivity contribution in [3.63, 3.8) is 0 Å². The van der Waals surface area contributed by atoms with Crippen molar-refractivity contribution in [1.82, 2.24) is 10.2 Å². The van der Waals surface area contributed by atoms with E-state index >= 15 is 0 Å². The summed E-state index contributed by atoms with van der Waals surface area (Å²) in [6.07, 6.45) is 1.43. The number of benzene rings is 1. The second kappa shape index (κ2) is 6.75. The molecule has 1 aromatic carbocycles. The van der Waals surface area contributed by atoms with Gasteiger partial charge in [-0.3, -0.25) is 10.1 Å². The molecule has 1 heterocycles. The fourth-order valence-corrected chi connectivity index (χ4v) is 2.90. The van der Waals surface area contributed by atoms with Crippen LogP contribution >= 0.6 is 11.8 Å². The normalized spacial score (nSPS) is 22.4. The number of nitrogens with one attached hydrogen (secondary N) is 1.